The number of methoxy groups -OCH3 is 1. The first-order valence-electron chi connectivity index (χ1n) is 5.26. The van der Waals surface area contributed by atoms with Crippen molar-refractivity contribution in [2.45, 2.75) is 13.3 Å². The van der Waals surface area contributed by atoms with Gasteiger partial charge >= 0.3 is 0 Å². The molecule has 4 heteroatoms. The maximum atomic E-state index is 5.91. The van der Waals surface area contributed by atoms with Crippen molar-refractivity contribution in [3.63, 3.8) is 0 Å². The smallest absolute Gasteiger partial charge is 0.215 e. The van der Waals surface area contributed by atoms with Gasteiger partial charge in [0.1, 0.15) is 0 Å². The number of aromatic nitrogens is 1. The number of hydrogen-bond donors (Lipinski definition) is 1. The highest BCUT2D eigenvalue weighted by molar-refractivity contribution is 5.64. The minimum Gasteiger partial charge on any atom is -0.481 e. The molecule has 2 N–H and O–H groups in total. The van der Waals surface area contributed by atoms with Gasteiger partial charge in [0, 0.05) is 19.2 Å². The molecule has 1 aromatic rings. The van der Waals surface area contributed by atoms with Gasteiger partial charge in [0.2, 0.25) is 5.88 Å². The summed E-state index contributed by atoms with van der Waals surface area (Å²) in [6.45, 7) is 4.31. The first-order chi connectivity index (χ1) is 7.20. The van der Waals surface area contributed by atoms with E-state index in [1.807, 2.05) is 6.07 Å². The molecular formula is C11H17N3O. The summed E-state index contributed by atoms with van der Waals surface area (Å²) in [5.74, 6) is 2.20. The van der Waals surface area contributed by atoms with E-state index in [4.69, 9.17) is 10.5 Å². The number of pyridine rings is 1. The molecule has 2 rings (SSSR count). The molecule has 1 aromatic heterocycles. The van der Waals surface area contributed by atoms with Crippen LogP contribution in [0.5, 0.6) is 5.88 Å². The van der Waals surface area contributed by atoms with Crippen molar-refractivity contribution in [1.82, 2.24) is 4.98 Å². The average molecular weight is 207 g/mol. The van der Waals surface area contributed by atoms with Crippen molar-refractivity contribution in [3.05, 3.63) is 12.1 Å². The van der Waals surface area contributed by atoms with Crippen LogP contribution in [0.2, 0.25) is 0 Å². The van der Waals surface area contributed by atoms with Crippen LogP contribution in [0.15, 0.2) is 12.1 Å². The third-order valence-corrected chi connectivity index (χ3v) is 2.81. The third-order valence-electron chi connectivity index (χ3n) is 2.81. The number of ether oxygens (including phenoxy) is 1. The molecular weight excluding hydrogens is 190 g/mol. The third kappa shape index (κ3) is 1.98. The molecule has 0 amide bonds. The second-order valence-electron chi connectivity index (χ2n) is 4.11. The van der Waals surface area contributed by atoms with E-state index in [1.165, 1.54) is 6.42 Å². The zero-order valence-electron chi connectivity index (χ0n) is 9.23. The van der Waals surface area contributed by atoms with Crippen LogP contribution in [0.3, 0.4) is 0 Å². The standard InChI is InChI=1S/C11H17N3O/c1-8-5-6-14(7-8)11-9(12)3-4-10(13-11)15-2/h3-4,8H,5-7,12H2,1-2H3. The lowest BCUT2D eigenvalue weighted by Gasteiger charge is -2.19. The minimum atomic E-state index is 0.624. The Morgan fingerprint density at radius 1 is 1.53 bits per heavy atom. The molecule has 0 spiro atoms. The second kappa shape index (κ2) is 3.96. The number of nitrogens with two attached hydrogens (primary N) is 1. The predicted octanol–water partition coefficient (Wildman–Crippen LogP) is 1.52. The summed E-state index contributed by atoms with van der Waals surface area (Å²) < 4.78 is 5.10. The van der Waals surface area contributed by atoms with E-state index < -0.39 is 0 Å². The van der Waals surface area contributed by atoms with E-state index in [0.29, 0.717) is 5.88 Å². The highest BCUT2D eigenvalue weighted by Gasteiger charge is 2.21. The van der Waals surface area contributed by atoms with Crippen molar-refractivity contribution in [3.8, 4) is 5.88 Å². The summed E-state index contributed by atoms with van der Waals surface area (Å²) >= 11 is 0. The van der Waals surface area contributed by atoms with E-state index in [2.05, 4.69) is 16.8 Å². The Bertz CT molecular complexity index is 354. The lowest BCUT2D eigenvalue weighted by atomic mass is 10.2. The van der Waals surface area contributed by atoms with Crippen LogP contribution in [0, 0.1) is 5.92 Å². The van der Waals surface area contributed by atoms with Crippen molar-refractivity contribution in [2.75, 3.05) is 30.8 Å². The van der Waals surface area contributed by atoms with Crippen LogP contribution in [-0.2, 0) is 0 Å². The fourth-order valence-electron chi connectivity index (χ4n) is 1.94. The minimum absolute atomic E-state index is 0.624. The summed E-state index contributed by atoms with van der Waals surface area (Å²) in [5.41, 5.74) is 6.64. The number of hydrogen-bond acceptors (Lipinski definition) is 4. The van der Waals surface area contributed by atoms with Crippen LogP contribution in [0.4, 0.5) is 11.5 Å². The Morgan fingerprint density at radius 2 is 2.33 bits per heavy atom. The predicted molar refractivity (Wildman–Crippen MR) is 61.2 cm³/mol. The molecule has 1 unspecified atom stereocenters. The second-order valence-corrected chi connectivity index (χ2v) is 4.11. The molecule has 0 saturated carbocycles. The average Bonchev–Trinajstić information content (AvgIpc) is 2.65. The summed E-state index contributed by atoms with van der Waals surface area (Å²) in [7, 11) is 1.62. The van der Waals surface area contributed by atoms with E-state index >= 15 is 0 Å². The first-order valence-corrected chi connectivity index (χ1v) is 5.26. The van der Waals surface area contributed by atoms with E-state index in [-0.39, 0.29) is 0 Å². The molecule has 0 aromatic carbocycles. The van der Waals surface area contributed by atoms with Gasteiger partial charge in [-0.05, 0) is 18.4 Å². The number of nitrogen functional groups attached to an aromatic ring is 1. The molecule has 15 heavy (non-hydrogen) atoms. The summed E-state index contributed by atoms with van der Waals surface area (Å²) in [5, 5.41) is 0. The van der Waals surface area contributed by atoms with Crippen LogP contribution in [0.1, 0.15) is 13.3 Å². The van der Waals surface area contributed by atoms with Gasteiger partial charge in [0.15, 0.2) is 5.82 Å². The van der Waals surface area contributed by atoms with Gasteiger partial charge in [-0.15, -0.1) is 0 Å². The Labute approximate surface area is 90.0 Å². The Hall–Kier alpha value is -1.45. The van der Waals surface area contributed by atoms with Crippen molar-refractivity contribution in [1.29, 1.82) is 0 Å². The van der Waals surface area contributed by atoms with Crippen molar-refractivity contribution >= 4 is 11.5 Å². The lowest BCUT2D eigenvalue weighted by Crippen LogP contribution is -2.21. The van der Waals surface area contributed by atoms with Gasteiger partial charge < -0.3 is 15.4 Å². The molecule has 2 heterocycles. The van der Waals surface area contributed by atoms with E-state index in [0.717, 1.165) is 30.5 Å². The molecule has 1 aliphatic rings. The monoisotopic (exact) mass is 207 g/mol. The maximum absolute atomic E-state index is 5.91. The van der Waals surface area contributed by atoms with Crippen molar-refractivity contribution < 1.29 is 4.74 Å². The van der Waals surface area contributed by atoms with Crippen molar-refractivity contribution in [2.24, 2.45) is 5.92 Å². The van der Waals surface area contributed by atoms with Gasteiger partial charge in [-0.1, -0.05) is 6.92 Å². The van der Waals surface area contributed by atoms with Gasteiger partial charge in [-0.2, -0.15) is 4.98 Å². The number of nitrogens with zero attached hydrogens (tertiary/aromatic N) is 2. The SMILES string of the molecule is COc1ccc(N)c(N2CCC(C)C2)n1. The Kier molecular flexibility index (Phi) is 2.66. The lowest BCUT2D eigenvalue weighted by molar-refractivity contribution is 0.398. The van der Waals surface area contributed by atoms with Gasteiger partial charge in [0.05, 0.1) is 12.8 Å². The molecule has 0 radical (unpaired) electrons. The molecule has 1 aliphatic heterocycles. The van der Waals surface area contributed by atoms with Crippen LogP contribution < -0.4 is 15.4 Å². The van der Waals surface area contributed by atoms with Gasteiger partial charge in [0.25, 0.3) is 0 Å². The molecule has 1 atom stereocenters. The maximum Gasteiger partial charge on any atom is 0.215 e. The Morgan fingerprint density at radius 3 is 2.93 bits per heavy atom. The van der Waals surface area contributed by atoms with Gasteiger partial charge in [-0.25, -0.2) is 0 Å². The molecule has 82 valence electrons. The van der Waals surface area contributed by atoms with Crippen LogP contribution in [-0.4, -0.2) is 25.2 Å². The Balaban J connectivity index is 2.26. The zero-order valence-corrected chi connectivity index (χ0v) is 9.23. The topological polar surface area (TPSA) is 51.4 Å². The van der Waals surface area contributed by atoms with Crippen LogP contribution in [0.25, 0.3) is 0 Å². The summed E-state index contributed by atoms with van der Waals surface area (Å²) in [4.78, 5) is 6.61. The van der Waals surface area contributed by atoms with E-state index in [1.54, 1.807) is 13.2 Å². The highest BCUT2D eigenvalue weighted by atomic mass is 16.5. The molecule has 1 fully saturated rings. The van der Waals surface area contributed by atoms with E-state index in [9.17, 15) is 0 Å². The summed E-state index contributed by atoms with van der Waals surface area (Å²) in [6.07, 6.45) is 1.21. The molecule has 4 nitrogen and oxygen atoms in total. The first kappa shape index (κ1) is 10.1. The van der Waals surface area contributed by atoms with Gasteiger partial charge in [-0.3, -0.25) is 0 Å². The fourth-order valence-corrected chi connectivity index (χ4v) is 1.94. The normalized spacial score (nSPS) is 20.7. The molecule has 0 bridgehead atoms. The largest absolute Gasteiger partial charge is 0.481 e. The zero-order chi connectivity index (χ0) is 10.8. The number of rotatable bonds is 2. The number of anilines is 2. The highest BCUT2D eigenvalue weighted by Crippen LogP contribution is 2.28. The summed E-state index contributed by atoms with van der Waals surface area (Å²) in [6, 6.07) is 3.64. The molecule has 1 saturated heterocycles. The fraction of sp³-hybridized carbons (Fsp3) is 0.545. The quantitative estimate of drug-likeness (QED) is 0.798. The van der Waals surface area contributed by atoms with Crippen LogP contribution >= 0.6 is 0 Å². The molecule has 0 aliphatic carbocycles.